The third-order valence-electron chi connectivity index (χ3n) is 6.16. The number of hydrogen-bond donors (Lipinski definition) is 1. The summed E-state index contributed by atoms with van der Waals surface area (Å²) in [6.07, 6.45) is 5.66. The van der Waals surface area contributed by atoms with Gasteiger partial charge in [-0.15, -0.1) is 0 Å². The number of anilines is 1. The minimum absolute atomic E-state index is 0.0218. The summed E-state index contributed by atoms with van der Waals surface area (Å²) in [6.45, 7) is 3.91. The Morgan fingerprint density at radius 2 is 1.70 bits per heavy atom. The number of amides is 3. The van der Waals surface area contributed by atoms with Crippen LogP contribution in [-0.4, -0.2) is 78.2 Å². The van der Waals surface area contributed by atoms with E-state index in [1.54, 1.807) is 34.9 Å². The lowest BCUT2D eigenvalue weighted by Crippen LogP contribution is -2.51. The van der Waals surface area contributed by atoms with Gasteiger partial charge in [-0.05, 0) is 31.0 Å². The van der Waals surface area contributed by atoms with Crippen LogP contribution >= 0.6 is 11.6 Å². The van der Waals surface area contributed by atoms with E-state index < -0.39 is 0 Å². The standard InChI is InChI=1S/C22H31ClN4O3/c1-16(28)26-10-12-27(13-11-26)21(29)15-24-17-8-9-19(20(23)14-17)22(30)25(2)18-6-4-3-5-7-18/h8-9,14,18,24H,3-7,10-13,15H2,1-2H3. The largest absolute Gasteiger partial charge is 0.376 e. The van der Waals surface area contributed by atoms with E-state index in [0.717, 1.165) is 25.7 Å². The van der Waals surface area contributed by atoms with E-state index in [1.165, 1.54) is 6.42 Å². The Morgan fingerprint density at radius 3 is 2.30 bits per heavy atom. The van der Waals surface area contributed by atoms with Crippen LogP contribution in [0.1, 0.15) is 49.4 Å². The molecule has 1 N–H and O–H groups in total. The summed E-state index contributed by atoms with van der Waals surface area (Å²) in [7, 11) is 1.85. The smallest absolute Gasteiger partial charge is 0.255 e. The van der Waals surface area contributed by atoms with Crippen LogP contribution < -0.4 is 5.32 Å². The number of nitrogens with one attached hydrogen (secondary N) is 1. The summed E-state index contributed by atoms with van der Waals surface area (Å²) >= 11 is 6.40. The van der Waals surface area contributed by atoms with Crippen molar-refractivity contribution >= 4 is 35.0 Å². The molecule has 7 nitrogen and oxygen atoms in total. The molecule has 2 fully saturated rings. The van der Waals surface area contributed by atoms with Gasteiger partial charge in [0.25, 0.3) is 5.91 Å². The molecule has 0 aromatic heterocycles. The van der Waals surface area contributed by atoms with Crippen molar-refractivity contribution in [2.24, 2.45) is 0 Å². The van der Waals surface area contributed by atoms with Gasteiger partial charge in [-0.3, -0.25) is 14.4 Å². The second-order valence-electron chi connectivity index (χ2n) is 8.14. The van der Waals surface area contributed by atoms with Gasteiger partial charge in [-0.1, -0.05) is 30.9 Å². The second kappa shape index (κ2) is 10.2. The molecule has 1 aromatic carbocycles. The van der Waals surface area contributed by atoms with Crippen LogP contribution in [0.3, 0.4) is 0 Å². The first kappa shape index (κ1) is 22.4. The van der Waals surface area contributed by atoms with Crippen molar-refractivity contribution < 1.29 is 14.4 Å². The quantitative estimate of drug-likeness (QED) is 0.773. The van der Waals surface area contributed by atoms with Gasteiger partial charge < -0.3 is 20.0 Å². The van der Waals surface area contributed by atoms with Crippen molar-refractivity contribution in [1.29, 1.82) is 0 Å². The van der Waals surface area contributed by atoms with Crippen LogP contribution in [0.15, 0.2) is 18.2 Å². The Balaban J connectivity index is 1.53. The van der Waals surface area contributed by atoms with Gasteiger partial charge in [-0.2, -0.15) is 0 Å². The predicted molar refractivity (Wildman–Crippen MR) is 118 cm³/mol. The number of halogens is 1. The molecule has 0 bridgehead atoms. The van der Waals surface area contributed by atoms with Gasteiger partial charge >= 0.3 is 0 Å². The lowest BCUT2D eigenvalue weighted by atomic mass is 9.94. The molecule has 8 heteroatoms. The summed E-state index contributed by atoms with van der Waals surface area (Å²) < 4.78 is 0. The fourth-order valence-electron chi connectivity index (χ4n) is 4.18. The monoisotopic (exact) mass is 434 g/mol. The number of rotatable bonds is 5. The molecule has 1 saturated heterocycles. The van der Waals surface area contributed by atoms with Crippen LogP contribution in [0.4, 0.5) is 5.69 Å². The maximum atomic E-state index is 12.9. The highest BCUT2D eigenvalue weighted by molar-refractivity contribution is 6.34. The van der Waals surface area contributed by atoms with E-state index in [0.29, 0.717) is 42.5 Å². The highest BCUT2D eigenvalue weighted by Crippen LogP contribution is 2.26. The molecule has 3 rings (SSSR count). The van der Waals surface area contributed by atoms with Crippen molar-refractivity contribution in [3.63, 3.8) is 0 Å². The van der Waals surface area contributed by atoms with Crippen LogP contribution in [0.5, 0.6) is 0 Å². The molecule has 1 saturated carbocycles. The van der Waals surface area contributed by atoms with Crippen LogP contribution in [0.25, 0.3) is 0 Å². The molecule has 1 aliphatic carbocycles. The molecule has 30 heavy (non-hydrogen) atoms. The summed E-state index contributed by atoms with van der Waals surface area (Å²) in [4.78, 5) is 42.0. The molecule has 1 aromatic rings. The minimum Gasteiger partial charge on any atom is -0.376 e. The first-order valence-corrected chi connectivity index (χ1v) is 11.1. The normalized spacial score (nSPS) is 17.6. The molecule has 3 amide bonds. The van der Waals surface area contributed by atoms with E-state index in [9.17, 15) is 14.4 Å². The Bertz CT molecular complexity index is 787. The van der Waals surface area contributed by atoms with E-state index in [4.69, 9.17) is 11.6 Å². The van der Waals surface area contributed by atoms with Gasteiger partial charge in [0.1, 0.15) is 0 Å². The number of carbonyl (C=O) groups excluding carboxylic acids is 3. The lowest BCUT2D eigenvalue weighted by molar-refractivity contribution is -0.137. The molecular formula is C22H31ClN4O3. The summed E-state index contributed by atoms with van der Waals surface area (Å²) in [5.41, 5.74) is 1.19. The molecule has 2 aliphatic rings. The number of nitrogens with zero attached hydrogens (tertiary/aromatic N) is 3. The van der Waals surface area contributed by atoms with Crippen molar-refractivity contribution in [2.45, 2.75) is 45.1 Å². The van der Waals surface area contributed by atoms with Gasteiger partial charge in [0, 0.05) is 51.9 Å². The fourth-order valence-corrected chi connectivity index (χ4v) is 4.44. The average molecular weight is 435 g/mol. The van der Waals surface area contributed by atoms with E-state index in [-0.39, 0.29) is 30.3 Å². The van der Waals surface area contributed by atoms with E-state index in [1.807, 2.05) is 11.9 Å². The third-order valence-corrected chi connectivity index (χ3v) is 6.48. The summed E-state index contributed by atoms with van der Waals surface area (Å²) in [6, 6.07) is 5.49. The van der Waals surface area contributed by atoms with Crippen LogP contribution in [-0.2, 0) is 9.59 Å². The first-order valence-electron chi connectivity index (χ1n) is 10.7. The minimum atomic E-state index is -0.0575. The van der Waals surface area contributed by atoms with Crippen molar-refractivity contribution in [1.82, 2.24) is 14.7 Å². The number of carbonyl (C=O) groups is 3. The number of benzene rings is 1. The van der Waals surface area contributed by atoms with Gasteiger partial charge in [0.15, 0.2) is 0 Å². The second-order valence-corrected chi connectivity index (χ2v) is 8.55. The van der Waals surface area contributed by atoms with Crippen molar-refractivity contribution in [2.75, 3.05) is 45.1 Å². The highest BCUT2D eigenvalue weighted by atomic mass is 35.5. The van der Waals surface area contributed by atoms with Gasteiger partial charge in [0.2, 0.25) is 11.8 Å². The molecule has 0 unspecified atom stereocenters. The Hall–Kier alpha value is -2.28. The molecule has 1 aliphatic heterocycles. The van der Waals surface area contributed by atoms with Crippen molar-refractivity contribution in [3.05, 3.63) is 28.8 Å². The average Bonchev–Trinajstić information content (AvgIpc) is 2.77. The highest BCUT2D eigenvalue weighted by Gasteiger charge is 2.25. The predicted octanol–water partition coefficient (Wildman–Crippen LogP) is 2.85. The Kier molecular flexibility index (Phi) is 7.58. The maximum absolute atomic E-state index is 12.9. The van der Waals surface area contributed by atoms with Gasteiger partial charge in [-0.25, -0.2) is 0 Å². The Morgan fingerprint density at radius 1 is 1.07 bits per heavy atom. The zero-order valence-electron chi connectivity index (χ0n) is 17.8. The van der Waals surface area contributed by atoms with Crippen LogP contribution in [0.2, 0.25) is 5.02 Å². The molecule has 0 atom stereocenters. The molecule has 1 heterocycles. The molecular weight excluding hydrogens is 404 g/mol. The third kappa shape index (κ3) is 5.45. The zero-order valence-corrected chi connectivity index (χ0v) is 18.6. The topological polar surface area (TPSA) is 73.0 Å². The van der Waals surface area contributed by atoms with Crippen molar-refractivity contribution in [3.8, 4) is 0 Å². The number of hydrogen-bond acceptors (Lipinski definition) is 4. The molecule has 0 radical (unpaired) electrons. The zero-order chi connectivity index (χ0) is 21.7. The molecule has 0 spiro atoms. The summed E-state index contributed by atoms with van der Waals surface area (Å²) in [5, 5.41) is 3.48. The SMILES string of the molecule is CC(=O)N1CCN(C(=O)CNc2ccc(C(=O)N(C)C3CCCCC3)c(Cl)c2)CC1. The first-order chi connectivity index (χ1) is 14.4. The maximum Gasteiger partial charge on any atom is 0.255 e. The van der Waals surface area contributed by atoms with E-state index in [2.05, 4.69) is 5.32 Å². The Labute approximate surface area is 183 Å². The van der Waals surface area contributed by atoms with Crippen LogP contribution in [0, 0.1) is 0 Å². The number of piperazine rings is 1. The van der Waals surface area contributed by atoms with E-state index >= 15 is 0 Å². The lowest BCUT2D eigenvalue weighted by Gasteiger charge is -2.34. The fraction of sp³-hybridized carbons (Fsp3) is 0.591. The van der Waals surface area contributed by atoms with Gasteiger partial charge in [0.05, 0.1) is 17.1 Å². The summed E-state index contributed by atoms with van der Waals surface area (Å²) in [5.74, 6) is -0.0389. The molecule has 164 valence electrons.